The number of sulfonamides is 1. The fourth-order valence-electron chi connectivity index (χ4n) is 2.67. The summed E-state index contributed by atoms with van der Waals surface area (Å²) in [7, 11) is -3.95. The summed E-state index contributed by atoms with van der Waals surface area (Å²) < 4.78 is 25.9. The Morgan fingerprint density at radius 2 is 1.75 bits per heavy atom. The highest BCUT2D eigenvalue weighted by molar-refractivity contribution is 7.90. The third-order valence-electron chi connectivity index (χ3n) is 4.12. The third-order valence-corrected chi connectivity index (χ3v) is 6.68. The smallest absolute Gasteiger partial charge is 0.264 e. The maximum Gasteiger partial charge on any atom is 0.264 e. The highest BCUT2D eigenvalue weighted by Crippen LogP contribution is 2.35. The number of nitrogens with two attached hydrogens (primary N) is 1. The van der Waals surface area contributed by atoms with E-state index in [4.69, 9.17) is 5.73 Å². The molecule has 0 saturated carbocycles. The van der Waals surface area contributed by atoms with Crippen molar-refractivity contribution in [2.45, 2.75) is 31.6 Å². The van der Waals surface area contributed by atoms with Crippen molar-refractivity contribution < 1.29 is 18.0 Å². The van der Waals surface area contributed by atoms with Crippen molar-refractivity contribution in [3.63, 3.8) is 0 Å². The summed E-state index contributed by atoms with van der Waals surface area (Å²) in [5, 5.41) is 0.725. The molecule has 146 valence electrons. The van der Waals surface area contributed by atoms with Crippen molar-refractivity contribution in [2.24, 2.45) is 0 Å². The van der Waals surface area contributed by atoms with Crippen molar-refractivity contribution in [1.29, 1.82) is 0 Å². The summed E-state index contributed by atoms with van der Waals surface area (Å²) >= 11 is 1.22. The highest BCUT2D eigenvalue weighted by atomic mass is 32.2. The van der Waals surface area contributed by atoms with Crippen LogP contribution in [0.1, 0.15) is 47.6 Å². The van der Waals surface area contributed by atoms with Gasteiger partial charge in [-0.25, -0.2) is 18.1 Å². The quantitative estimate of drug-likeness (QED) is 0.616. The van der Waals surface area contributed by atoms with Gasteiger partial charge >= 0.3 is 0 Å². The summed E-state index contributed by atoms with van der Waals surface area (Å²) in [5.41, 5.74) is 7.74. The molecule has 0 radical (unpaired) electrons. The van der Waals surface area contributed by atoms with Crippen LogP contribution in [-0.4, -0.2) is 25.1 Å². The Balaban J connectivity index is 1.96. The molecule has 0 bridgehead atoms. The van der Waals surface area contributed by atoms with Crippen LogP contribution in [0, 0.1) is 0 Å². The average molecular weight is 418 g/mol. The van der Waals surface area contributed by atoms with Gasteiger partial charge in [-0.05, 0) is 42.3 Å². The molecule has 1 amide bonds. The van der Waals surface area contributed by atoms with Crippen LogP contribution in [-0.2, 0) is 14.8 Å². The average Bonchev–Trinajstić information content (AvgIpc) is 2.96. The minimum absolute atomic E-state index is 0.105. The summed E-state index contributed by atoms with van der Waals surface area (Å²) in [6.07, 6.45) is 0. The number of fused-ring (bicyclic) bond motifs is 1. The number of nitrogens with zero attached hydrogens (tertiary/aromatic N) is 1. The van der Waals surface area contributed by atoms with Crippen molar-refractivity contribution >= 4 is 49.0 Å². The predicted octanol–water partition coefficient (Wildman–Crippen LogP) is 3.06. The van der Waals surface area contributed by atoms with E-state index >= 15 is 0 Å². The molecule has 7 nitrogen and oxygen atoms in total. The fraction of sp³-hybridized carbons (Fsp3) is 0.211. The number of hydrogen-bond donors (Lipinski definition) is 2. The molecular formula is C19H19N3O4S2. The van der Waals surface area contributed by atoms with E-state index < -0.39 is 15.9 Å². The number of ketones is 1. The Kier molecular flexibility index (Phi) is 5.22. The van der Waals surface area contributed by atoms with E-state index in [1.54, 1.807) is 0 Å². The van der Waals surface area contributed by atoms with E-state index in [2.05, 4.69) is 4.98 Å². The number of nitrogens with one attached hydrogen (secondary N) is 1. The first kappa shape index (κ1) is 20.0. The van der Waals surface area contributed by atoms with Gasteiger partial charge < -0.3 is 5.73 Å². The van der Waals surface area contributed by atoms with Gasteiger partial charge in [-0.1, -0.05) is 13.8 Å². The van der Waals surface area contributed by atoms with Crippen LogP contribution < -0.4 is 10.5 Å². The molecule has 0 aliphatic heterocycles. The van der Waals surface area contributed by atoms with Gasteiger partial charge in [-0.2, -0.15) is 0 Å². The number of rotatable bonds is 5. The third kappa shape index (κ3) is 3.76. The number of hydrogen-bond acceptors (Lipinski definition) is 7. The first-order valence-electron chi connectivity index (χ1n) is 8.47. The molecule has 9 heteroatoms. The van der Waals surface area contributed by atoms with Crippen molar-refractivity contribution in [3.8, 4) is 0 Å². The monoisotopic (exact) mass is 417 g/mol. The fourth-order valence-corrected chi connectivity index (χ4v) is 4.72. The predicted molar refractivity (Wildman–Crippen MR) is 109 cm³/mol. The zero-order chi connectivity index (χ0) is 20.6. The van der Waals surface area contributed by atoms with E-state index in [0.717, 1.165) is 18.0 Å². The van der Waals surface area contributed by atoms with Crippen LogP contribution in [0.4, 0.5) is 5.69 Å². The van der Waals surface area contributed by atoms with Gasteiger partial charge in [0.2, 0.25) is 11.7 Å². The topological polar surface area (TPSA) is 119 Å². The molecule has 0 fully saturated rings. The number of nitrogen functional groups attached to an aromatic ring is 1. The van der Waals surface area contributed by atoms with E-state index in [1.165, 1.54) is 35.6 Å². The lowest BCUT2D eigenvalue weighted by molar-refractivity contribution is -0.117. The molecular weight excluding hydrogens is 398 g/mol. The molecule has 2 aromatic heterocycles. The second-order valence-electron chi connectivity index (χ2n) is 6.60. The Labute approximate surface area is 166 Å². The molecule has 0 saturated heterocycles. The number of amides is 1. The van der Waals surface area contributed by atoms with Gasteiger partial charge in [0.05, 0.1) is 10.6 Å². The first-order chi connectivity index (χ1) is 13.1. The lowest BCUT2D eigenvalue weighted by Crippen LogP contribution is -2.28. The summed E-state index contributed by atoms with van der Waals surface area (Å²) in [6, 6.07) is 9.10. The lowest BCUT2D eigenvalue weighted by Gasteiger charge is -2.05. The molecule has 28 heavy (non-hydrogen) atoms. The molecule has 0 unspecified atom stereocenters. The Bertz CT molecular complexity index is 1180. The van der Waals surface area contributed by atoms with Crippen LogP contribution in [0.2, 0.25) is 0 Å². The van der Waals surface area contributed by atoms with Crippen LogP contribution >= 0.6 is 11.3 Å². The van der Waals surface area contributed by atoms with Gasteiger partial charge in [0, 0.05) is 23.6 Å². The van der Waals surface area contributed by atoms with Crippen molar-refractivity contribution in [1.82, 2.24) is 9.71 Å². The minimum Gasteiger partial charge on any atom is -0.397 e. The van der Waals surface area contributed by atoms with Gasteiger partial charge in [0.25, 0.3) is 10.0 Å². The summed E-state index contributed by atoms with van der Waals surface area (Å²) in [4.78, 5) is 29.4. The van der Waals surface area contributed by atoms with Crippen LogP contribution in [0.3, 0.4) is 0 Å². The Morgan fingerprint density at radius 1 is 1.11 bits per heavy atom. The van der Waals surface area contributed by atoms with Gasteiger partial charge in [-0.15, -0.1) is 11.3 Å². The largest absolute Gasteiger partial charge is 0.397 e. The normalized spacial score (nSPS) is 11.7. The van der Waals surface area contributed by atoms with Crippen LogP contribution in [0.5, 0.6) is 0 Å². The minimum atomic E-state index is -3.95. The number of anilines is 1. The zero-order valence-electron chi connectivity index (χ0n) is 15.5. The second kappa shape index (κ2) is 7.33. The number of benzene rings is 1. The number of carbonyl (C=O) groups excluding carboxylic acids is 2. The van der Waals surface area contributed by atoms with Gasteiger partial charge in [-0.3, -0.25) is 9.59 Å². The Hall–Kier alpha value is -2.78. The van der Waals surface area contributed by atoms with Crippen LogP contribution in [0.15, 0.2) is 41.3 Å². The maximum absolute atomic E-state index is 12.9. The number of aromatic nitrogens is 1. The molecule has 0 spiro atoms. The second-order valence-corrected chi connectivity index (χ2v) is 9.29. The van der Waals surface area contributed by atoms with Crippen molar-refractivity contribution in [2.75, 3.05) is 5.73 Å². The molecule has 3 rings (SSSR count). The van der Waals surface area contributed by atoms with E-state index in [9.17, 15) is 18.0 Å². The zero-order valence-corrected chi connectivity index (χ0v) is 17.1. The molecule has 3 aromatic rings. The molecule has 2 heterocycles. The highest BCUT2D eigenvalue weighted by Gasteiger charge is 2.21. The first-order valence-corrected chi connectivity index (χ1v) is 10.8. The lowest BCUT2D eigenvalue weighted by atomic mass is 10.1. The molecule has 3 N–H and O–H groups in total. The maximum atomic E-state index is 12.9. The molecule has 0 atom stereocenters. The van der Waals surface area contributed by atoms with Gasteiger partial charge in [0.1, 0.15) is 9.71 Å². The number of pyridine rings is 1. The number of thiophene rings is 1. The Morgan fingerprint density at radius 3 is 2.32 bits per heavy atom. The van der Waals surface area contributed by atoms with Crippen molar-refractivity contribution in [3.05, 3.63) is 52.5 Å². The number of carbonyl (C=O) groups is 2. The summed E-state index contributed by atoms with van der Waals surface area (Å²) in [5.74, 6) is -0.744. The van der Waals surface area contributed by atoms with E-state index in [-0.39, 0.29) is 16.6 Å². The standard InChI is InChI=1S/C19H19N3O4S2/c1-10(2)15-9-8-14-16(20)18(27-19(14)21-15)17(24)12-4-6-13(7-5-12)28(25,26)22-11(3)23/h4-10H,20H2,1-3H3,(H,22,23). The van der Waals surface area contributed by atoms with E-state index in [1.807, 2.05) is 30.7 Å². The van der Waals surface area contributed by atoms with Crippen LogP contribution in [0.25, 0.3) is 10.2 Å². The van der Waals surface area contributed by atoms with Gasteiger partial charge in [0.15, 0.2) is 0 Å². The van der Waals surface area contributed by atoms with E-state index in [0.29, 0.717) is 21.0 Å². The molecule has 0 aliphatic carbocycles. The summed E-state index contributed by atoms with van der Waals surface area (Å²) in [6.45, 7) is 5.18. The molecule has 1 aromatic carbocycles. The molecule has 0 aliphatic rings. The SMILES string of the molecule is CC(=O)NS(=O)(=O)c1ccc(C(=O)c2sc3nc(C(C)C)ccc3c2N)cc1.